The smallest absolute Gasteiger partial charge is 0.137 e. The summed E-state index contributed by atoms with van der Waals surface area (Å²) in [6.07, 6.45) is 1.13. The van der Waals surface area contributed by atoms with Crippen molar-refractivity contribution in [3.05, 3.63) is 34.9 Å². The highest BCUT2D eigenvalue weighted by Gasteiger charge is 2.15. The summed E-state index contributed by atoms with van der Waals surface area (Å²) in [6, 6.07) is 7.45. The number of benzene rings is 1. The highest BCUT2D eigenvalue weighted by Crippen LogP contribution is 2.20. The lowest BCUT2D eigenvalue weighted by atomic mass is 9.88. The molecule has 2 heteroatoms. The van der Waals surface area contributed by atoms with Crippen molar-refractivity contribution < 1.29 is 4.79 Å². The van der Waals surface area contributed by atoms with Crippen LogP contribution in [0.3, 0.4) is 0 Å². The maximum Gasteiger partial charge on any atom is 0.137 e. The molecule has 0 unspecified atom stereocenters. The number of hydrogen-bond donors (Lipinski definition) is 0. The van der Waals surface area contributed by atoms with Crippen molar-refractivity contribution in [2.45, 2.75) is 33.6 Å². The standard InChI is InChI=1S/C13H17ClO/c1-13(2,3)9-12(15)8-10-4-6-11(14)7-5-10/h4-7H,8-9H2,1-3H3. The number of carbonyl (C=O) groups excluding carboxylic acids is 1. The zero-order valence-corrected chi connectivity index (χ0v) is 10.3. The SMILES string of the molecule is CC(C)(C)CC(=O)Cc1ccc(Cl)cc1. The molecule has 1 nitrogen and oxygen atoms in total. The maximum absolute atomic E-state index is 11.7. The topological polar surface area (TPSA) is 17.1 Å². The highest BCUT2D eigenvalue weighted by molar-refractivity contribution is 6.30. The van der Waals surface area contributed by atoms with Crippen LogP contribution in [0.2, 0.25) is 5.02 Å². The molecule has 0 heterocycles. The van der Waals surface area contributed by atoms with E-state index in [4.69, 9.17) is 11.6 Å². The molecule has 0 aliphatic rings. The van der Waals surface area contributed by atoms with Crippen molar-refractivity contribution in [3.8, 4) is 0 Å². The second-order valence-corrected chi connectivity index (χ2v) is 5.52. The van der Waals surface area contributed by atoms with Crippen molar-refractivity contribution in [1.82, 2.24) is 0 Å². The van der Waals surface area contributed by atoms with Gasteiger partial charge >= 0.3 is 0 Å². The minimum Gasteiger partial charge on any atom is -0.299 e. The van der Waals surface area contributed by atoms with Gasteiger partial charge in [-0.25, -0.2) is 0 Å². The molecule has 1 rings (SSSR count). The Balaban J connectivity index is 2.55. The molecule has 0 aliphatic heterocycles. The molecule has 0 bridgehead atoms. The number of Topliss-reactive ketones (excluding diaryl/α,β-unsaturated/α-hetero) is 1. The summed E-state index contributed by atoms with van der Waals surface area (Å²) in [6.45, 7) is 6.23. The van der Waals surface area contributed by atoms with E-state index in [2.05, 4.69) is 20.8 Å². The molecule has 82 valence electrons. The van der Waals surface area contributed by atoms with Crippen molar-refractivity contribution in [1.29, 1.82) is 0 Å². The van der Waals surface area contributed by atoms with E-state index in [1.165, 1.54) is 0 Å². The molecular formula is C13H17ClO. The van der Waals surface area contributed by atoms with E-state index >= 15 is 0 Å². The Bertz CT molecular complexity index is 333. The van der Waals surface area contributed by atoms with Crippen LogP contribution < -0.4 is 0 Å². The Morgan fingerprint density at radius 2 is 1.73 bits per heavy atom. The van der Waals surface area contributed by atoms with Gasteiger partial charge in [-0.05, 0) is 23.1 Å². The lowest BCUT2D eigenvalue weighted by Crippen LogP contribution is -2.14. The average molecular weight is 225 g/mol. The van der Waals surface area contributed by atoms with Crippen LogP contribution in [0.15, 0.2) is 24.3 Å². The molecule has 0 aromatic heterocycles. The number of carbonyl (C=O) groups is 1. The molecule has 0 aliphatic carbocycles. The Morgan fingerprint density at radius 1 is 1.20 bits per heavy atom. The minimum atomic E-state index is 0.0729. The number of halogens is 1. The molecule has 1 aromatic carbocycles. The van der Waals surface area contributed by atoms with Gasteiger partial charge in [0.1, 0.15) is 5.78 Å². The quantitative estimate of drug-likeness (QED) is 0.762. The van der Waals surface area contributed by atoms with Gasteiger partial charge in [0.2, 0.25) is 0 Å². The van der Waals surface area contributed by atoms with Crippen LogP contribution in [0.25, 0.3) is 0 Å². The first kappa shape index (κ1) is 12.3. The first-order chi connectivity index (χ1) is 6.87. The van der Waals surface area contributed by atoms with E-state index in [9.17, 15) is 4.79 Å². The van der Waals surface area contributed by atoms with Gasteiger partial charge < -0.3 is 0 Å². The normalized spacial score (nSPS) is 11.5. The molecule has 0 fully saturated rings. The van der Waals surface area contributed by atoms with Gasteiger partial charge in [0.25, 0.3) is 0 Å². The maximum atomic E-state index is 11.7. The fraction of sp³-hybridized carbons (Fsp3) is 0.462. The fourth-order valence-electron chi connectivity index (χ4n) is 1.48. The molecule has 0 radical (unpaired) electrons. The van der Waals surface area contributed by atoms with Crippen molar-refractivity contribution >= 4 is 17.4 Å². The third kappa shape index (κ3) is 4.98. The fourth-order valence-corrected chi connectivity index (χ4v) is 1.61. The van der Waals surface area contributed by atoms with E-state index in [1.807, 2.05) is 24.3 Å². The number of hydrogen-bond acceptors (Lipinski definition) is 1. The largest absolute Gasteiger partial charge is 0.299 e. The predicted molar refractivity (Wildman–Crippen MR) is 64.2 cm³/mol. The average Bonchev–Trinajstić information content (AvgIpc) is 2.05. The van der Waals surface area contributed by atoms with Gasteiger partial charge in [-0.2, -0.15) is 0 Å². The van der Waals surface area contributed by atoms with Gasteiger partial charge in [0.05, 0.1) is 0 Å². The summed E-state index contributed by atoms with van der Waals surface area (Å²) >= 11 is 5.77. The first-order valence-electron chi connectivity index (χ1n) is 5.13. The molecule has 0 amide bonds. The van der Waals surface area contributed by atoms with Crippen molar-refractivity contribution in [3.63, 3.8) is 0 Å². The predicted octanol–water partition coefficient (Wildman–Crippen LogP) is 3.89. The van der Waals surface area contributed by atoms with Crippen LogP contribution in [-0.4, -0.2) is 5.78 Å². The zero-order chi connectivity index (χ0) is 11.5. The summed E-state index contributed by atoms with van der Waals surface area (Å²) in [5, 5.41) is 0.710. The zero-order valence-electron chi connectivity index (χ0n) is 9.51. The molecule has 15 heavy (non-hydrogen) atoms. The molecule has 0 atom stereocenters. The molecule has 0 N–H and O–H groups in total. The van der Waals surface area contributed by atoms with Crippen LogP contribution in [0.1, 0.15) is 32.8 Å². The van der Waals surface area contributed by atoms with Crippen molar-refractivity contribution in [2.75, 3.05) is 0 Å². The summed E-state index contributed by atoms with van der Waals surface area (Å²) in [5.74, 6) is 0.282. The Morgan fingerprint density at radius 3 is 2.20 bits per heavy atom. The summed E-state index contributed by atoms with van der Waals surface area (Å²) in [7, 11) is 0. The molecule has 0 saturated carbocycles. The molecule has 0 spiro atoms. The van der Waals surface area contributed by atoms with E-state index in [-0.39, 0.29) is 11.2 Å². The number of ketones is 1. The van der Waals surface area contributed by atoms with E-state index in [1.54, 1.807) is 0 Å². The Labute approximate surface area is 96.5 Å². The van der Waals surface area contributed by atoms with Gasteiger partial charge in [-0.3, -0.25) is 4.79 Å². The summed E-state index contributed by atoms with van der Waals surface area (Å²) < 4.78 is 0. The van der Waals surface area contributed by atoms with Crippen LogP contribution in [0.5, 0.6) is 0 Å². The Kier molecular flexibility index (Phi) is 3.92. The van der Waals surface area contributed by atoms with Crippen LogP contribution in [-0.2, 0) is 11.2 Å². The van der Waals surface area contributed by atoms with Gasteiger partial charge in [-0.1, -0.05) is 44.5 Å². The number of rotatable bonds is 3. The third-order valence-corrected chi connectivity index (χ3v) is 2.29. The van der Waals surface area contributed by atoms with Crippen LogP contribution in [0, 0.1) is 5.41 Å². The summed E-state index contributed by atoms with van der Waals surface area (Å²) in [5.41, 5.74) is 1.11. The van der Waals surface area contributed by atoms with Gasteiger partial charge in [0, 0.05) is 17.9 Å². The molecule has 1 aromatic rings. The first-order valence-corrected chi connectivity index (χ1v) is 5.51. The van der Waals surface area contributed by atoms with E-state index < -0.39 is 0 Å². The molecular weight excluding hydrogens is 208 g/mol. The second kappa shape index (κ2) is 4.80. The third-order valence-electron chi connectivity index (χ3n) is 2.04. The van der Waals surface area contributed by atoms with E-state index in [0.29, 0.717) is 17.9 Å². The molecule has 0 saturated heterocycles. The highest BCUT2D eigenvalue weighted by atomic mass is 35.5. The second-order valence-electron chi connectivity index (χ2n) is 5.08. The van der Waals surface area contributed by atoms with Crippen LogP contribution in [0.4, 0.5) is 0 Å². The van der Waals surface area contributed by atoms with Crippen LogP contribution >= 0.6 is 11.6 Å². The van der Waals surface area contributed by atoms with Gasteiger partial charge in [0.15, 0.2) is 0 Å². The monoisotopic (exact) mass is 224 g/mol. The Hall–Kier alpha value is -0.820. The summed E-state index contributed by atoms with van der Waals surface area (Å²) in [4.78, 5) is 11.7. The lowest BCUT2D eigenvalue weighted by Gasteiger charge is -2.16. The minimum absolute atomic E-state index is 0.0729. The van der Waals surface area contributed by atoms with Crippen molar-refractivity contribution in [2.24, 2.45) is 5.41 Å². The van der Waals surface area contributed by atoms with E-state index in [0.717, 1.165) is 5.56 Å². The van der Waals surface area contributed by atoms with Gasteiger partial charge in [-0.15, -0.1) is 0 Å². The lowest BCUT2D eigenvalue weighted by molar-refractivity contribution is -0.120.